The fraction of sp³-hybridized carbons (Fsp3) is 0.111. The highest BCUT2D eigenvalue weighted by Crippen LogP contribution is 2.47. The third-order valence-electron chi connectivity index (χ3n) is 5.68. The Morgan fingerprint density at radius 3 is 2.03 bits per heavy atom. The van der Waals surface area contributed by atoms with Crippen LogP contribution in [-0.4, -0.2) is 7.11 Å². The minimum Gasteiger partial charge on any atom is -0.497 e. The summed E-state index contributed by atoms with van der Waals surface area (Å²) < 4.78 is 12.2. The van der Waals surface area contributed by atoms with Crippen molar-refractivity contribution in [2.75, 3.05) is 7.11 Å². The molecule has 0 N–H and O–H groups in total. The molecule has 0 saturated carbocycles. The number of rotatable bonds is 3. The molecule has 0 atom stereocenters. The van der Waals surface area contributed by atoms with Crippen LogP contribution in [0.3, 0.4) is 0 Å². The largest absolute Gasteiger partial charge is 0.497 e. The van der Waals surface area contributed by atoms with E-state index in [9.17, 15) is 0 Å². The van der Waals surface area contributed by atoms with Crippen molar-refractivity contribution in [2.24, 2.45) is 0 Å². The summed E-state index contributed by atoms with van der Waals surface area (Å²) in [6.07, 6.45) is 2.25. The van der Waals surface area contributed by atoms with Gasteiger partial charge >= 0.3 is 0 Å². The Labute approximate surface area is 171 Å². The van der Waals surface area contributed by atoms with Gasteiger partial charge in [-0.3, -0.25) is 0 Å². The predicted molar refractivity (Wildman–Crippen MR) is 118 cm³/mol. The molecule has 2 nitrogen and oxygen atoms in total. The van der Waals surface area contributed by atoms with Crippen LogP contribution < -0.4 is 9.47 Å². The molecule has 0 aromatic heterocycles. The average Bonchev–Trinajstić information content (AvgIpc) is 2.79. The second-order valence-corrected chi connectivity index (χ2v) is 7.42. The van der Waals surface area contributed by atoms with Crippen molar-refractivity contribution in [1.29, 1.82) is 0 Å². The van der Waals surface area contributed by atoms with E-state index in [-0.39, 0.29) is 0 Å². The van der Waals surface area contributed by atoms with E-state index < -0.39 is 5.60 Å². The normalized spacial score (nSPS) is 14.6. The van der Waals surface area contributed by atoms with E-state index in [0.29, 0.717) is 0 Å². The van der Waals surface area contributed by atoms with Crippen LogP contribution in [0.4, 0.5) is 0 Å². The molecule has 0 bridgehead atoms. The lowest BCUT2D eigenvalue weighted by Gasteiger charge is -2.38. The topological polar surface area (TPSA) is 18.5 Å². The summed E-state index contributed by atoms with van der Waals surface area (Å²) in [4.78, 5) is 0. The molecule has 0 saturated heterocycles. The van der Waals surface area contributed by atoms with Gasteiger partial charge in [-0.25, -0.2) is 0 Å². The maximum atomic E-state index is 6.82. The number of hydrogen-bond acceptors (Lipinski definition) is 2. The van der Waals surface area contributed by atoms with Crippen molar-refractivity contribution >= 4 is 16.3 Å². The number of methoxy groups -OCH3 is 1. The van der Waals surface area contributed by atoms with Crippen LogP contribution in [-0.2, 0) is 5.60 Å². The Bertz CT molecular complexity index is 1170. The lowest BCUT2D eigenvalue weighted by Crippen LogP contribution is -2.35. The Kier molecular flexibility index (Phi) is 4.13. The van der Waals surface area contributed by atoms with Crippen molar-refractivity contribution in [3.05, 3.63) is 114 Å². The van der Waals surface area contributed by atoms with Crippen LogP contribution in [0.1, 0.15) is 23.6 Å². The SMILES string of the molecule is COc1ccc2c3c(ccc2c1)OC(c1ccccc1)(c1ccccc1)C=C3C. The van der Waals surface area contributed by atoms with Gasteiger partial charge in [-0.1, -0.05) is 66.7 Å². The highest BCUT2D eigenvalue weighted by atomic mass is 16.5. The van der Waals surface area contributed by atoms with Crippen molar-refractivity contribution in [3.8, 4) is 11.5 Å². The van der Waals surface area contributed by atoms with Crippen LogP contribution >= 0.6 is 0 Å². The molecule has 1 heterocycles. The molecular weight excluding hydrogens is 356 g/mol. The van der Waals surface area contributed by atoms with Crippen LogP contribution in [0.5, 0.6) is 11.5 Å². The van der Waals surface area contributed by atoms with Gasteiger partial charge in [0.2, 0.25) is 0 Å². The molecule has 0 unspecified atom stereocenters. The Morgan fingerprint density at radius 1 is 0.759 bits per heavy atom. The molecule has 0 spiro atoms. The summed E-state index contributed by atoms with van der Waals surface area (Å²) in [7, 11) is 1.70. The van der Waals surface area contributed by atoms with E-state index in [1.165, 1.54) is 11.0 Å². The molecule has 5 rings (SSSR count). The van der Waals surface area contributed by atoms with Crippen LogP contribution in [0.15, 0.2) is 97.1 Å². The van der Waals surface area contributed by atoms with E-state index in [2.05, 4.69) is 85.8 Å². The smallest absolute Gasteiger partial charge is 0.178 e. The van der Waals surface area contributed by atoms with Crippen LogP contribution in [0, 0.1) is 0 Å². The molecule has 1 aliphatic heterocycles. The fourth-order valence-corrected chi connectivity index (χ4v) is 4.31. The number of benzene rings is 4. The number of allylic oxidation sites excluding steroid dienone is 1. The first-order chi connectivity index (χ1) is 14.2. The summed E-state index contributed by atoms with van der Waals surface area (Å²) >= 11 is 0. The number of fused-ring (bicyclic) bond motifs is 3. The third-order valence-corrected chi connectivity index (χ3v) is 5.68. The second-order valence-electron chi connectivity index (χ2n) is 7.42. The monoisotopic (exact) mass is 378 g/mol. The zero-order valence-corrected chi connectivity index (χ0v) is 16.6. The number of ether oxygens (including phenoxy) is 2. The van der Waals surface area contributed by atoms with Gasteiger partial charge in [0.25, 0.3) is 0 Å². The van der Waals surface area contributed by atoms with Gasteiger partial charge in [0.15, 0.2) is 5.60 Å². The second kappa shape index (κ2) is 6.82. The summed E-state index contributed by atoms with van der Waals surface area (Å²) in [6.45, 7) is 2.17. The zero-order valence-electron chi connectivity index (χ0n) is 16.6. The van der Waals surface area contributed by atoms with E-state index in [0.717, 1.165) is 33.6 Å². The molecule has 0 aliphatic carbocycles. The van der Waals surface area contributed by atoms with E-state index in [1.54, 1.807) is 7.11 Å². The van der Waals surface area contributed by atoms with E-state index >= 15 is 0 Å². The molecule has 2 heteroatoms. The molecule has 142 valence electrons. The molecule has 0 radical (unpaired) electrons. The zero-order chi connectivity index (χ0) is 19.8. The summed E-state index contributed by atoms with van der Waals surface area (Å²) in [5.41, 5.74) is 3.93. The summed E-state index contributed by atoms with van der Waals surface area (Å²) in [6, 6.07) is 31.2. The maximum Gasteiger partial charge on any atom is 0.178 e. The lowest BCUT2D eigenvalue weighted by atomic mass is 9.81. The van der Waals surface area contributed by atoms with Crippen LogP contribution in [0.2, 0.25) is 0 Å². The molecule has 4 aromatic rings. The van der Waals surface area contributed by atoms with Crippen molar-refractivity contribution in [3.63, 3.8) is 0 Å². The third kappa shape index (κ3) is 2.80. The van der Waals surface area contributed by atoms with Gasteiger partial charge in [-0.05, 0) is 53.6 Å². The van der Waals surface area contributed by atoms with Gasteiger partial charge in [0.1, 0.15) is 11.5 Å². The standard InChI is InChI=1S/C27H22O2/c1-19-18-27(21-9-5-3-6-10-21,22-11-7-4-8-12-22)29-25-16-13-20-17-23(28-2)14-15-24(20)26(19)25/h3-18H,1-2H3. The quantitative estimate of drug-likeness (QED) is 0.400. The van der Waals surface area contributed by atoms with Gasteiger partial charge < -0.3 is 9.47 Å². The first-order valence-electron chi connectivity index (χ1n) is 9.82. The Morgan fingerprint density at radius 2 is 1.41 bits per heavy atom. The highest BCUT2D eigenvalue weighted by molar-refractivity contribution is 5.97. The van der Waals surface area contributed by atoms with Gasteiger partial charge in [0.05, 0.1) is 7.11 Å². The molecule has 4 aromatic carbocycles. The fourth-order valence-electron chi connectivity index (χ4n) is 4.31. The highest BCUT2D eigenvalue weighted by Gasteiger charge is 2.38. The minimum absolute atomic E-state index is 0.653. The van der Waals surface area contributed by atoms with Crippen molar-refractivity contribution in [1.82, 2.24) is 0 Å². The molecular formula is C27H22O2. The predicted octanol–water partition coefficient (Wildman–Crippen LogP) is 6.59. The maximum absolute atomic E-state index is 6.82. The summed E-state index contributed by atoms with van der Waals surface area (Å²) in [5, 5.41) is 2.32. The minimum atomic E-state index is -0.653. The van der Waals surface area contributed by atoms with E-state index in [4.69, 9.17) is 9.47 Å². The first-order valence-corrected chi connectivity index (χ1v) is 9.82. The van der Waals surface area contributed by atoms with Crippen LogP contribution in [0.25, 0.3) is 16.3 Å². The lowest BCUT2D eigenvalue weighted by molar-refractivity contribution is 0.160. The first kappa shape index (κ1) is 17.6. The van der Waals surface area contributed by atoms with E-state index in [1.807, 2.05) is 18.2 Å². The van der Waals surface area contributed by atoms with Crippen molar-refractivity contribution < 1.29 is 9.47 Å². The molecule has 1 aliphatic rings. The average molecular weight is 378 g/mol. The summed E-state index contributed by atoms with van der Waals surface area (Å²) in [5.74, 6) is 1.76. The van der Waals surface area contributed by atoms with Gasteiger partial charge in [-0.15, -0.1) is 0 Å². The number of hydrogen-bond donors (Lipinski definition) is 0. The Hall–Kier alpha value is -3.52. The van der Waals surface area contributed by atoms with Gasteiger partial charge in [0, 0.05) is 16.7 Å². The molecule has 0 amide bonds. The molecule has 0 fully saturated rings. The molecule has 29 heavy (non-hydrogen) atoms. The van der Waals surface area contributed by atoms with Crippen molar-refractivity contribution in [2.45, 2.75) is 12.5 Å². The Balaban J connectivity index is 1.76. The van der Waals surface area contributed by atoms with Gasteiger partial charge in [-0.2, -0.15) is 0 Å².